The number of carbonyl (C=O) groups is 2. The molecule has 4 rings (SSSR count). The quantitative estimate of drug-likeness (QED) is 0.187. The molecule has 0 spiro atoms. The topological polar surface area (TPSA) is 92.7 Å². The van der Waals surface area contributed by atoms with Gasteiger partial charge in [0.25, 0.3) is 0 Å². The van der Waals surface area contributed by atoms with E-state index < -0.39 is 11.9 Å². The first-order valence-electron chi connectivity index (χ1n) is 17.1. The van der Waals surface area contributed by atoms with Crippen molar-refractivity contribution in [3.05, 3.63) is 23.8 Å². The second kappa shape index (κ2) is 21.1. The molecule has 1 aromatic rings. The first-order chi connectivity index (χ1) is 20.1. The van der Waals surface area contributed by atoms with Crippen LogP contribution in [0.1, 0.15) is 155 Å². The van der Waals surface area contributed by atoms with Crippen molar-refractivity contribution in [1.82, 2.24) is 0 Å². The van der Waals surface area contributed by atoms with Crippen molar-refractivity contribution in [2.24, 2.45) is 11.8 Å². The van der Waals surface area contributed by atoms with Gasteiger partial charge in [-0.05, 0) is 101 Å². The minimum atomic E-state index is -0.852. The summed E-state index contributed by atoms with van der Waals surface area (Å²) in [5, 5.41) is 20.5. The fourth-order valence-corrected chi connectivity index (χ4v) is 6.88. The summed E-state index contributed by atoms with van der Waals surface area (Å²) < 4.78 is 5.73. The standard InChI is InChI=1S/C22H37NO.2C7H12O2.Ni/c1-6-8-9-10-11-12-15-23-21-14-13-19(24-7-2)16-20(21)18(3)17-22(23,4)5;2*8-7(9)6-4-2-1-3-5-6;/h13-14,16,18H,6-12,15,17H2,1-5H3;2*6H,1-5H2,(H,8,9);/q;;;+2/p-2. The van der Waals surface area contributed by atoms with Crippen LogP contribution in [0.4, 0.5) is 5.69 Å². The number of unbranched alkanes of at least 4 members (excludes halogenated alkanes) is 5. The van der Waals surface area contributed by atoms with Crippen LogP contribution >= 0.6 is 0 Å². The molecule has 3 aliphatic rings. The van der Waals surface area contributed by atoms with Gasteiger partial charge in [-0.2, -0.15) is 0 Å². The summed E-state index contributed by atoms with van der Waals surface area (Å²) in [7, 11) is 0. The fourth-order valence-electron chi connectivity index (χ4n) is 6.88. The number of ether oxygens (including phenoxy) is 1. The first-order valence-corrected chi connectivity index (χ1v) is 17.1. The van der Waals surface area contributed by atoms with Gasteiger partial charge >= 0.3 is 16.5 Å². The number of fused-ring (bicyclic) bond motifs is 1. The van der Waals surface area contributed by atoms with E-state index in [1.165, 1.54) is 75.6 Å². The Hall–Kier alpha value is -1.75. The van der Waals surface area contributed by atoms with Crippen LogP contribution < -0.4 is 19.8 Å². The van der Waals surface area contributed by atoms with E-state index in [0.717, 1.165) is 63.7 Å². The van der Waals surface area contributed by atoms with Crippen LogP contribution in [0.5, 0.6) is 5.75 Å². The Morgan fingerprint density at radius 2 is 1.35 bits per heavy atom. The largest absolute Gasteiger partial charge is 2.00 e. The molecule has 1 aliphatic heterocycles. The van der Waals surface area contributed by atoms with Gasteiger partial charge in [0, 0.05) is 29.7 Å². The number of carboxylic acids is 2. The van der Waals surface area contributed by atoms with Crippen molar-refractivity contribution in [3.63, 3.8) is 0 Å². The Kier molecular flexibility index (Phi) is 19.2. The zero-order chi connectivity index (χ0) is 31.0. The molecule has 0 aromatic heterocycles. The van der Waals surface area contributed by atoms with E-state index in [1.807, 2.05) is 0 Å². The maximum atomic E-state index is 10.2. The van der Waals surface area contributed by atoms with Crippen molar-refractivity contribution in [2.45, 2.75) is 155 Å². The summed E-state index contributed by atoms with van der Waals surface area (Å²) in [6.07, 6.45) is 19.4. The molecule has 2 saturated carbocycles. The maximum Gasteiger partial charge on any atom is 2.00 e. The Labute approximate surface area is 272 Å². The van der Waals surface area contributed by atoms with Gasteiger partial charge < -0.3 is 29.4 Å². The van der Waals surface area contributed by atoms with Gasteiger partial charge in [0.2, 0.25) is 0 Å². The van der Waals surface area contributed by atoms with E-state index in [2.05, 4.69) is 57.7 Å². The van der Waals surface area contributed by atoms with Crippen LogP contribution in [-0.2, 0) is 26.1 Å². The molecule has 0 radical (unpaired) electrons. The summed E-state index contributed by atoms with van der Waals surface area (Å²) in [4.78, 5) is 23.1. The third-order valence-electron chi connectivity index (χ3n) is 9.28. The monoisotopic (exact) mass is 643 g/mol. The number of aliphatic carboxylic acids is 2. The van der Waals surface area contributed by atoms with E-state index >= 15 is 0 Å². The number of anilines is 1. The minimum absolute atomic E-state index is 0. The smallest absolute Gasteiger partial charge is 0.550 e. The first kappa shape index (κ1) is 39.3. The van der Waals surface area contributed by atoms with Gasteiger partial charge in [-0.3, -0.25) is 0 Å². The molecule has 6 nitrogen and oxygen atoms in total. The molecular formula is C36H59NNiO5. The van der Waals surface area contributed by atoms with Crippen LogP contribution in [0.2, 0.25) is 0 Å². The van der Waals surface area contributed by atoms with E-state index in [4.69, 9.17) is 4.74 Å². The van der Waals surface area contributed by atoms with Gasteiger partial charge in [-0.25, -0.2) is 0 Å². The molecule has 2 fully saturated rings. The zero-order valence-corrected chi connectivity index (χ0v) is 28.7. The molecule has 1 heterocycles. The third kappa shape index (κ3) is 13.8. The van der Waals surface area contributed by atoms with Crippen molar-refractivity contribution >= 4 is 17.6 Å². The van der Waals surface area contributed by atoms with E-state index in [1.54, 1.807) is 0 Å². The Balaban J connectivity index is 0.000000397. The molecule has 43 heavy (non-hydrogen) atoms. The molecule has 0 N–H and O–H groups in total. The van der Waals surface area contributed by atoms with Gasteiger partial charge in [-0.1, -0.05) is 84.5 Å². The number of rotatable bonds is 11. The normalized spacial score (nSPS) is 19.8. The average Bonchev–Trinajstić information content (AvgIpc) is 2.98. The molecule has 0 saturated heterocycles. The Morgan fingerprint density at radius 1 is 0.837 bits per heavy atom. The van der Waals surface area contributed by atoms with Crippen LogP contribution in [0.25, 0.3) is 0 Å². The fraction of sp³-hybridized carbons (Fsp3) is 0.778. The molecule has 1 aromatic carbocycles. The van der Waals surface area contributed by atoms with Crippen LogP contribution in [-0.4, -0.2) is 30.6 Å². The molecule has 248 valence electrons. The summed E-state index contributed by atoms with van der Waals surface area (Å²) in [6, 6.07) is 6.70. The molecule has 1 unspecified atom stereocenters. The van der Waals surface area contributed by atoms with Gasteiger partial charge in [0.15, 0.2) is 0 Å². The number of carboxylic acid groups (broad SMARTS) is 2. The summed E-state index contributed by atoms with van der Waals surface area (Å²) in [5.41, 5.74) is 3.13. The minimum Gasteiger partial charge on any atom is -0.550 e. The SMILES string of the molecule is CCCCCCCCN1c2ccc(OCC)cc2C(C)CC1(C)C.O=C([O-])C1CCCCC1.O=C([O-])C1CCCCC1.[Ni+2]. The molecular weight excluding hydrogens is 585 g/mol. The average molecular weight is 645 g/mol. The van der Waals surface area contributed by atoms with Gasteiger partial charge in [-0.15, -0.1) is 0 Å². The molecule has 1 atom stereocenters. The summed E-state index contributed by atoms with van der Waals surface area (Å²) in [6.45, 7) is 13.4. The molecule has 7 heteroatoms. The van der Waals surface area contributed by atoms with Crippen LogP contribution in [0.15, 0.2) is 18.2 Å². The van der Waals surface area contributed by atoms with E-state index in [9.17, 15) is 19.8 Å². The van der Waals surface area contributed by atoms with Crippen LogP contribution in [0.3, 0.4) is 0 Å². The van der Waals surface area contributed by atoms with Crippen molar-refractivity contribution in [3.8, 4) is 5.75 Å². The van der Waals surface area contributed by atoms with Gasteiger partial charge in [0.05, 0.1) is 6.61 Å². The second-order valence-electron chi connectivity index (χ2n) is 13.3. The zero-order valence-electron chi connectivity index (χ0n) is 27.7. The Morgan fingerprint density at radius 3 is 1.81 bits per heavy atom. The number of hydrogen-bond acceptors (Lipinski definition) is 6. The van der Waals surface area contributed by atoms with E-state index in [0.29, 0.717) is 5.92 Å². The van der Waals surface area contributed by atoms with E-state index in [-0.39, 0.29) is 33.9 Å². The maximum absolute atomic E-state index is 10.2. The van der Waals surface area contributed by atoms with Crippen molar-refractivity contribution in [2.75, 3.05) is 18.1 Å². The number of benzene rings is 1. The summed E-state index contributed by atoms with van der Waals surface area (Å²) >= 11 is 0. The van der Waals surface area contributed by atoms with Crippen LogP contribution in [0, 0.1) is 11.8 Å². The van der Waals surface area contributed by atoms with Crippen molar-refractivity contribution in [1.29, 1.82) is 0 Å². The number of nitrogens with zero attached hydrogens (tertiary/aromatic N) is 1. The molecule has 0 amide bonds. The Bertz CT molecular complexity index is 896. The van der Waals surface area contributed by atoms with Crippen molar-refractivity contribution < 1.29 is 41.0 Å². The number of carbonyl (C=O) groups excluding carboxylic acids is 2. The summed E-state index contributed by atoms with van der Waals surface area (Å²) in [5.74, 6) is -0.375. The van der Waals surface area contributed by atoms with Gasteiger partial charge in [0.1, 0.15) is 5.75 Å². The number of hydrogen-bond donors (Lipinski definition) is 0. The second-order valence-corrected chi connectivity index (χ2v) is 13.3. The predicted octanol–water partition coefficient (Wildman–Crippen LogP) is 7.17. The third-order valence-corrected chi connectivity index (χ3v) is 9.28. The molecule has 0 bridgehead atoms. The molecule has 2 aliphatic carbocycles. The predicted molar refractivity (Wildman–Crippen MR) is 169 cm³/mol.